The lowest BCUT2D eigenvalue weighted by Crippen LogP contribution is -2.46. The summed E-state index contributed by atoms with van der Waals surface area (Å²) in [5.74, 6) is 0. The van der Waals surface area contributed by atoms with Gasteiger partial charge in [0.2, 0.25) is 0 Å². The molecule has 0 unspecified atom stereocenters. The van der Waals surface area contributed by atoms with E-state index in [1.54, 1.807) is 47.1 Å². The predicted octanol–water partition coefficient (Wildman–Crippen LogP) is 1.37. The van der Waals surface area contributed by atoms with Gasteiger partial charge in [0, 0.05) is 5.69 Å². The third-order valence-electron chi connectivity index (χ3n) is 1.41. The Balaban J connectivity index is 2.34. The highest BCUT2D eigenvalue weighted by Crippen LogP contribution is 2.03. The summed E-state index contributed by atoms with van der Waals surface area (Å²) in [5, 5.41) is 2.53. The molecule has 0 bridgehead atoms. The number of carbonyl (C=O) groups is 2. The van der Waals surface area contributed by atoms with Crippen LogP contribution in [0, 0.1) is 0 Å². The number of rotatable bonds is 1. The zero-order valence-electron chi connectivity index (χ0n) is 7.58. The zero-order valence-corrected chi connectivity index (χ0v) is 9.74. The van der Waals surface area contributed by atoms with E-state index in [0.717, 1.165) is 0 Å². The molecule has 0 aliphatic carbocycles. The van der Waals surface area contributed by atoms with Crippen LogP contribution in [0.2, 0.25) is 0 Å². The lowest BCUT2D eigenvalue weighted by molar-refractivity contribution is 0.234. The molecule has 4 N–H and O–H groups in total. The van der Waals surface area contributed by atoms with Crippen LogP contribution < -0.4 is 19.7 Å². The number of hydrazine groups is 1. The fourth-order valence-corrected chi connectivity index (χ4v) is 0.956. The van der Waals surface area contributed by atoms with Gasteiger partial charge in [-0.25, -0.2) is 20.4 Å². The summed E-state index contributed by atoms with van der Waals surface area (Å²) >= 11 is 1.65. The smallest absolute Gasteiger partial charge is 0.307 e. The number of hydrogen-bond donors (Lipinski definition) is 4. The van der Waals surface area contributed by atoms with Gasteiger partial charge in [0.05, 0.1) is 22.9 Å². The second kappa shape index (κ2) is 6.06. The van der Waals surface area contributed by atoms with Crippen molar-refractivity contribution in [3.63, 3.8) is 0 Å². The van der Waals surface area contributed by atoms with Crippen LogP contribution in [0.1, 0.15) is 0 Å². The van der Waals surface area contributed by atoms with Gasteiger partial charge in [-0.05, 0) is 12.1 Å². The van der Waals surface area contributed by atoms with E-state index in [2.05, 4.69) is 19.7 Å². The molecule has 1 aromatic rings. The number of halogens is 1. The Morgan fingerprint density at radius 3 is 2.20 bits per heavy atom. The molecule has 0 atom stereocenters. The first-order valence-electron chi connectivity index (χ1n) is 4.01. The standard InChI is InChI=1S/C8H9IN4O2/c9-11-8(15)13-12-7(14)10-6-4-2-1-3-5-6/h1-5H,(H2,10,12,14)(H2,11,13,15). The van der Waals surface area contributed by atoms with Crippen LogP contribution >= 0.6 is 22.9 Å². The maximum atomic E-state index is 11.2. The van der Waals surface area contributed by atoms with Crippen molar-refractivity contribution in [3.8, 4) is 0 Å². The maximum Gasteiger partial charge on any atom is 0.342 e. The van der Waals surface area contributed by atoms with Crippen molar-refractivity contribution < 1.29 is 9.59 Å². The molecule has 0 aliphatic heterocycles. The molecule has 4 amide bonds. The summed E-state index contributed by atoms with van der Waals surface area (Å²) in [6.45, 7) is 0. The third-order valence-corrected chi connectivity index (χ3v) is 1.90. The van der Waals surface area contributed by atoms with Gasteiger partial charge in [-0.1, -0.05) is 18.2 Å². The highest BCUT2D eigenvalue weighted by molar-refractivity contribution is 14.1. The van der Waals surface area contributed by atoms with E-state index < -0.39 is 12.1 Å². The highest BCUT2D eigenvalue weighted by atomic mass is 127. The largest absolute Gasteiger partial charge is 0.342 e. The molecule has 0 saturated carbocycles. The van der Waals surface area contributed by atoms with E-state index >= 15 is 0 Å². The summed E-state index contributed by atoms with van der Waals surface area (Å²) in [6, 6.07) is 7.88. The van der Waals surface area contributed by atoms with Gasteiger partial charge in [0.15, 0.2) is 0 Å². The van der Waals surface area contributed by atoms with Gasteiger partial charge < -0.3 is 5.32 Å². The average molecular weight is 320 g/mol. The Bertz CT molecular complexity index is 344. The molecule has 1 rings (SSSR count). The van der Waals surface area contributed by atoms with Crippen LogP contribution in [-0.4, -0.2) is 12.1 Å². The van der Waals surface area contributed by atoms with Gasteiger partial charge in [-0.15, -0.1) is 0 Å². The number of para-hydroxylation sites is 1. The van der Waals surface area contributed by atoms with Crippen molar-refractivity contribution in [2.75, 3.05) is 5.32 Å². The second-order valence-corrected chi connectivity index (χ2v) is 3.03. The Hall–Kier alpha value is -1.51. The van der Waals surface area contributed by atoms with Crippen molar-refractivity contribution >= 4 is 40.6 Å². The topological polar surface area (TPSA) is 82.3 Å². The van der Waals surface area contributed by atoms with Crippen LogP contribution in [0.3, 0.4) is 0 Å². The Morgan fingerprint density at radius 1 is 1.00 bits per heavy atom. The monoisotopic (exact) mass is 320 g/mol. The summed E-state index contributed by atoms with van der Waals surface area (Å²) in [7, 11) is 0. The first kappa shape index (κ1) is 11.6. The highest BCUT2D eigenvalue weighted by Gasteiger charge is 2.01. The lowest BCUT2D eigenvalue weighted by Gasteiger charge is -2.07. The molecule has 7 heteroatoms. The first-order valence-corrected chi connectivity index (χ1v) is 5.09. The van der Waals surface area contributed by atoms with Crippen LogP contribution in [0.25, 0.3) is 0 Å². The molecular weight excluding hydrogens is 311 g/mol. The number of carbonyl (C=O) groups excluding carboxylic acids is 2. The number of nitrogens with one attached hydrogen (secondary N) is 4. The molecule has 80 valence electrons. The van der Waals surface area contributed by atoms with Crippen LogP contribution in [0.4, 0.5) is 15.3 Å². The fraction of sp³-hybridized carbons (Fsp3) is 0. The molecular formula is C8H9IN4O2. The first-order chi connectivity index (χ1) is 7.22. The summed E-state index contributed by atoms with van der Waals surface area (Å²) in [4.78, 5) is 21.9. The molecule has 0 radical (unpaired) electrons. The van der Waals surface area contributed by atoms with Crippen LogP contribution in [-0.2, 0) is 0 Å². The van der Waals surface area contributed by atoms with Gasteiger partial charge in [-0.3, -0.25) is 3.53 Å². The van der Waals surface area contributed by atoms with Gasteiger partial charge >= 0.3 is 12.1 Å². The van der Waals surface area contributed by atoms with Crippen molar-refractivity contribution in [3.05, 3.63) is 30.3 Å². The predicted molar refractivity (Wildman–Crippen MR) is 64.3 cm³/mol. The van der Waals surface area contributed by atoms with Gasteiger partial charge in [0.1, 0.15) is 0 Å². The molecule has 0 heterocycles. The number of hydrogen-bond acceptors (Lipinski definition) is 2. The van der Waals surface area contributed by atoms with Crippen molar-refractivity contribution in [1.29, 1.82) is 0 Å². The van der Waals surface area contributed by atoms with Crippen LogP contribution in [0.5, 0.6) is 0 Å². The lowest BCUT2D eigenvalue weighted by atomic mass is 10.3. The molecule has 0 spiro atoms. The molecule has 0 saturated heterocycles. The molecule has 1 aromatic carbocycles. The van der Waals surface area contributed by atoms with Crippen molar-refractivity contribution in [2.24, 2.45) is 0 Å². The molecule has 0 aliphatic rings. The zero-order chi connectivity index (χ0) is 11.1. The third kappa shape index (κ3) is 4.49. The van der Waals surface area contributed by atoms with E-state index in [9.17, 15) is 9.59 Å². The van der Waals surface area contributed by atoms with Gasteiger partial charge in [0.25, 0.3) is 0 Å². The number of benzene rings is 1. The Labute approximate surface area is 100 Å². The van der Waals surface area contributed by atoms with E-state index in [4.69, 9.17) is 0 Å². The quantitative estimate of drug-likeness (QED) is 0.358. The molecule has 15 heavy (non-hydrogen) atoms. The van der Waals surface area contributed by atoms with E-state index in [-0.39, 0.29) is 0 Å². The van der Waals surface area contributed by atoms with E-state index in [1.165, 1.54) is 0 Å². The normalized spacial score (nSPS) is 8.87. The van der Waals surface area contributed by atoms with E-state index in [1.807, 2.05) is 6.07 Å². The number of urea groups is 2. The average Bonchev–Trinajstić information content (AvgIpc) is 2.27. The summed E-state index contributed by atoms with van der Waals surface area (Å²) in [5.41, 5.74) is 4.94. The second-order valence-electron chi connectivity index (χ2n) is 2.49. The molecule has 6 nitrogen and oxygen atoms in total. The van der Waals surface area contributed by atoms with Crippen molar-refractivity contribution in [1.82, 2.24) is 14.4 Å². The number of amides is 4. The molecule has 0 fully saturated rings. The SMILES string of the molecule is O=C(NI)NNC(=O)Nc1ccccc1. The van der Waals surface area contributed by atoms with Crippen LogP contribution in [0.15, 0.2) is 30.3 Å². The summed E-state index contributed by atoms with van der Waals surface area (Å²) < 4.78 is 2.26. The minimum absolute atomic E-state index is 0.501. The maximum absolute atomic E-state index is 11.2. The summed E-state index contributed by atoms with van der Waals surface area (Å²) in [6.07, 6.45) is 0. The molecule has 0 aromatic heterocycles. The Morgan fingerprint density at radius 2 is 1.60 bits per heavy atom. The Kier molecular flexibility index (Phi) is 4.68. The van der Waals surface area contributed by atoms with Crippen molar-refractivity contribution in [2.45, 2.75) is 0 Å². The van der Waals surface area contributed by atoms with Gasteiger partial charge in [-0.2, -0.15) is 0 Å². The number of anilines is 1. The minimum Gasteiger partial charge on any atom is -0.307 e. The fourth-order valence-electron chi connectivity index (χ4n) is 0.821. The minimum atomic E-state index is -0.513. The van der Waals surface area contributed by atoms with E-state index in [0.29, 0.717) is 5.69 Å².